The Kier molecular flexibility index (Phi) is 9.55. The van der Waals surface area contributed by atoms with E-state index in [9.17, 15) is 22.4 Å². The number of hydrogen-bond acceptors (Lipinski definition) is 4. The summed E-state index contributed by atoms with van der Waals surface area (Å²) in [5.74, 6) is -1.85. The molecule has 0 aromatic heterocycles. The Labute approximate surface area is 238 Å². The quantitative estimate of drug-likeness (QED) is 0.347. The number of hydrogen-bond donors (Lipinski definition) is 1. The van der Waals surface area contributed by atoms with Crippen LogP contribution >= 0.6 is 15.9 Å². The molecule has 0 unspecified atom stereocenters. The van der Waals surface area contributed by atoms with Gasteiger partial charge in [-0.25, -0.2) is 12.8 Å². The summed E-state index contributed by atoms with van der Waals surface area (Å²) in [6, 6.07) is 17.8. The molecule has 0 aliphatic carbocycles. The summed E-state index contributed by atoms with van der Waals surface area (Å²) in [5, 5.41) is 2.87. The zero-order valence-electron chi connectivity index (χ0n) is 22.6. The lowest BCUT2D eigenvalue weighted by Crippen LogP contribution is -2.54. The molecule has 0 bridgehead atoms. The van der Waals surface area contributed by atoms with E-state index < -0.39 is 45.8 Å². The Morgan fingerprint density at radius 2 is 1.64 bits per heavy atom. The molecule has 2 amide bonds. The topological polar surface area (TPSA) is 86.8 Å². The van der Waals surface area contributed by atoms with E-state index in [0.717, 1.165) is 26.0 Å². The zero-order valence-corrected chi connectivity index (χ0v) is 25.0. The molecule has 0 fully saturated rings. The summed E-state index contributed by atoms with van der Waals surface area (Å²) in [5.41, 5.74) is 0.762. The molecule has 3 aromatic rings. The van der Waals surface area contributed by atoms with Gasteiger partial charge in [0, 0.05) is 16.6 Å². The fraction of sp³-hybridized carbons (Fsp3) is 0.310. The van der Waals surface area contributed by atoms with Crippen LogP contribution in [-0.2, 0) is 26.2 Å². The zero-order chi connectivity index (χ0) is 29.0. The van der Waals surface area contributed by atoms with Gasteiger partial charge in [-0.3, -0.25) is 13.9 Å². The van der Waals surface area contributed by atoms with Gasteiger partial charge in [-0.15, -0.1) is 0 Å². The van der Waals surface area contributed by atoms with Gasteiger partial charge in [0.25, 0.3) is 10.0 Å². The van der Waals surface area contributed by atoms with Crippen molar-refractivity contribution in [1.82, 2.24) is 10.2 Å². The van der Waals surface area contributed by atoms with Crippen LogP contribution in [-0.4, -0.2) is 43.3 Å². The van der Waals surface area contributed by atoms with Gasteiger partial charge in [-0.2, -0.15) is 0 Å². The smallest absolute Gasteiger partial charge is 0.264 e. The Hall–Kier alpha value is -3.24. The Morgan fingerprint density at radius 3 is 2.23 bits per heavy atom. The number of amides is 2. The molecule has 0 spiro atoms. The second-order valence-corrected chi connectivity index (χ2v) is 13.1. The van der Waals surface area contributed by atoms with Gasteiger partial charge in [0.05, 0.1) is 10.6 Å². The molecule has 1 N–H and O–H groups in total. The maximum absolute atomic E-state index is 15.0. The van der Waals surface area contributed by atoms with Crippen LogP contribution in [0.2, 0.25) is 0 Å². The second-order valence-electron chi connectivity index (χ2n) is 10.3. The fourth-order valence-corrected chi connectivity index (χ4v) is 5.76. The molecular formula is C29H33BrFN3O4S. The standard InChI is InChI=1S/C29H33BrFN3O4S/c1-20-13-15-24(16-14-20)39(37,38)34(26-12-7-6-11-25(26)31)19-27(35)33(18-22-9-8-10-23(30)17-22)21(2)28(36)32-29(3,4)5/h6-17,21H,18-19H2,1-5H3,(H,32,36)/t21-/m0/s1. The van der Waals surface area contributed by atoms with Crippen LogP contribution in [0.3, 0.4) is 0 Å². The average molecular weight is 619 g/mol. The van der Waals surface area contributed by atoms with Crippen molar-refractivity contribution in [3.63, 3.8) is 0 Å². The number of nitrogens with zero attached hydrogens (tertiary/aromatic N) is 2. The van der Waals surface area contributed by atoms with Crippen molar-refractivity contribution in [1.29, 1.82) is 0 Å². The molecule has 208 valence electrons. The maximum Gasteiger partial charge on any atom is 0.264 e. The summed E-state index contributed by atoms with van der Waals surface area (Å²) in [6.45, 7) is 8.20. The number of carbonyl (C=O) groups is 2. The molecule has 0 saturated heterocycles. The number of para-hydroxylation sites is 1. The summed E-state index contributed by atoms with van der Waals surface area (Å²) in [6.07, 6.45) is 0. The highest BCUT2D eigenvalue weighted by Gasteiger charge is 2.34. The van der Waals surface area contributed by atoms with Crippen molar-refractivity contribution in [3.8, 4) is 0 Å². The van der Waals surface area contributed by atoms with Gasteiger partial charge in [0.15, 0.2) is 0 Å². The minimum atomic E-state index is -4.34. The van der Waals surface area contributed by atoms with Gasteiger partial charge >= 0.3 is 0 Å². The van der Waals surface area contributed by atoms with Crippen LogP contribution in [0.1, 0.15) is 38.8 Å². The van der Waals surface area contributed by atoms with Crippen LogP contribution in [0.4, 0.5) is 10.1 Å². The molecule has 3 rings (SSSR count). The van der Waals surface area contributed by atoms with Gasteiger partial charge in [0.2, 0.25) is 11.8 Å². The van der Waals surface area contributed by atoms with E-state index in [2.05, 4.69) is 21.2 Å². The number of sulfonamides is 1. The molecule has 39 heavy (non-hydrogen) atoms. The average Bonchev–Trinajstić information content (AvgIpc) is 2.85. The number of nitrogens with one attached hydrogen (secondary N) is 1. The second kappa shape index (κ2) is 12.3. The molecule has 0 heterocycles. The van der Waals surface area contributed by atoms with E-state index in [-0.39, 0.29) is 17.1 Å². The van der Waals surface area contributed by atoms with Crippen molar-refractivity contribution in [3.05, 3.63) is 94.2 Å². The van der Waals surface area contributed by atoms with Gasteiger partial charge in [-0.1, -0.05) is 57.9 Å². The highest BCUT2D eigenvalue weighted by atomic mass is 79.9. The lowest BCUT2D eigenvalue weighted by Gasteiger charge is -2.33. The first-order valence-corrected chi connectivity index (χ1v) is 14.6. The number of anilines is 1. The summed E-state index contributed by atoms with van der Waals surface area (Å²) in [4.78, 5) is 28.2. The van der Waals surface area contributed by atoms with Crippen LogP contribution in [0.5, 0.6) is 0 Å². The SMILES string of the molecule is Cc1ccc(S(=O)(=O)N(CC(=O)N(Cc2cccc(Br)c2)[C@@H](C)C(=O)NC(C)(C)C)c2ccccc2F)cc1. The van der Waals surface area contributed by atoms with E-state index in [1.165, 1.54) is 35.2 Å². The Balaban J connectivity index is 2.05. The molecule has 0 saturated carbocycles. The van der Waals surface area contributed by atoms with E-state index in [0.29, 0.717) is 0 Å². The normalized spacial score (nSPS) is 12.5. The van der Waals surface area contributed by atoms with Crippen LogP contribution in [0.25, 0.3) is 0 Å². The highest BCUT2D eigenvalue weighted by molar-refractivity contribution is 9.10. The molecule has 7 nitrogen and oxygen atoms in total. The Morgan fingerprint density at radius 1 is 1.00 bits per heavy atom. The highest BCUT2D eigenvalue weighted by Crippen LogP contribution is 2.27. The minimum Gasteiger partial charge on any atom is -0.350 e. The summed E-state index contributed by atoms with van der Waals surface area (Å²) in [7, 11) is -4.34. The van der Waals surface area contributed by atoms with Crippen LogP contribution in [0.15, 0.2) is 82.2 Å². The maximum atomic E-state index is 15.0. The first-order valence-electron chi connectivity index (χ1n) is 12.4. The predicted molar refractivity (Wildman–Crippen MR) is 154 cm³/mol. The van der Waals surface area contributed by atoms with Gasteiger partial charge in [-0.05, 0) is 76.6 Å². The third kappa shape index (κ3) is 7.89. The number of carbonyl (C=O) groups excluding carboxylic acids is 2. The van der Waals surface area contributed by atoms with Crippen molar-refractivity contribution in [2.75, 3.05) is 10.8 Å². The van der Waals surface area contributed by atoms with E-state index in [1.807, 2.05) is 39.8 Å². The fourth-order valence-electron chi connectivity index (χ4n) is 3.89. The molecule has 0 aliphatic heterocycles. The largest absolute Gasteiger partial charge is 0.350 e. The van der Waals surface area contributed by atoms with E-state index in [4.69, 9.17) is 0 Å². The van der Waals surface area contributed by atoms with Crippen molar-refractivity contribution in [2.24, 2.45) is 0 Å². The molecule has 3 aromatic carbocycles. The third-order valence-electron chi connectivity index (χ3n) is 5.92. The minimum absolute atomic E-state index is 0.0344. The van der Waals surface area contributed by atoms with Crippen molar-refractivity contribution >= 4 is 43.5 Å². The number of benzene rings is 3. The van der Waals surface area contributed by atoms with Crippen LogP contribution in [0, 0.1) is 12.7 Å². The molecule has 10 heteroatoms. The lowest BCUT2D eigenvalue weighted by atomic mass is 10.1. The van der Waals surface area contributed by atoms with Crippen molar-refractivity contribution < 1.29 is 22.4 Å². The first-order chi connectivity index (χ1) is 18.2. The Bertz CT molecular complexity index is 1440. The molecule has 0 radical (unpaired) electrons. The summed E-state index contributed by atoms with van der Waals surface area (Å²) < 4.78 is 44.0. The predicted octanol–water partition coefficient (Wildman–Crippen LogP) is 5.42. The third-order valence-corrected chi connectivity index (χ3v) is 8.18. The molecular weight excluding hydrogens is 585 g/mol. The lowest BCUT2D eigenvalue weighted by molar-refractivity contribution is -0.140. The molecule has 0 aliphatic rings. The van der Waals surface area contributed by atoms with Gasteiger partial charge < -0.3 is 10.2 Å². The van der Waals surface area contributed by atoms with E-state index >= 15 is 0 Å². The monoisotopic (exact) mass is 617 g/mol. The number of halogens is 2. The number of rotatable bonds is 9. The molecule has 1 atom stereocenters. The summed E-state index contributed by atoms with van der Waals surface area (Å²) >= 11 is 3.42. The first kappa shape index (κ1) is 30.3. The number of aryl methyl sites for hydroxylation is 1. The van der Waals surface area contributed by atoms with Crippen LogP contribution < -0.4 is 9.62 Å². The van der Waals surface area contributed by atoms with Crippen molar-refractivity contribution in [2.45, 2.75) is 57.6 Å². The van der Waals surface area contributed by atoms with Gasteiger partial charge in [0.1, 0.15) is 18.4 Å². The van der Waals surface area contributed by atoms with E-state index in [1.54, 1.807) is 31.2 Å².